The quantitative estimate of drug-likeness (QED) is 0.0298. The lowest BCUT2D eigenvalue weighted by atomic mass is 9.98. The van der Waals surface area contributed by atoms with Crippen LogP contribution in [-0.4, -0.2) is 304 Å². The minimum Gasteiger partial charge on any atom is -0.466 e. The first-order chi connectivity index (χ1) is 51.4. The lowest BCUT2D eigenvalue weighted by Gasteiger charge is -2.42. The first-order valence-corrected chi connectivity index (χ1v) is 40.1. The zero-order valence-corrected chi connectivity index (χ0v) is 63.9. The number of carbonyl (C=O) groups is 6. The molecule has 19 N–H and O–H groups in total. The van der Waals surface area contributed by atoms with Gasteiger partial charge in [-0.1, -0.05) is 206 Å². The van der Waals surface area contributed by atoms with Crippen molar-refractivity contribution >= 4 is 35.6 Å². The van der Waals surface area contributed by atoms with Gasteiger partial charge in [0.2, 0.25) is 11.8 Å². The molecule has 0 aliphatic carbocycles. The number of aliphatic hydroxyl groups is 16. The number of esters is 2. The number of ether oxygens (including phenoxy) is 6. The zero-order valence-electron chi connectivity index (χ0n) is 63.9. The van der Waals surface area contributed by atoms with E-state index in [1.54, 1.807) is 0 Å². The molecule has 0 bridgehead atoms. The molecule has 2 aliphatic rings. The Morgan fingerprint density at radius 1 is 0.411 bits per heavy atom. The molecule has 2 saturated heterocycles. The number of aliphatic hydroxyl groups excluding tert-OH is 16. The number of nitrogens with zero attached hydrogens (tertiary/aromatic N) is 1. The Hall–Kier alpha value is -3.98. The Morgan fingerprint density at radius 2 is 0.748 bits per heavy atom. The van der Waals surface area contributed by atoms with E-state index in [0.717, 1.165) is 51.4 Å². The molecule has 0 aromatic carbocycles. The monoisotopic (exact) mass is 1540 g/mol. The van der Waals surface area contributed by atoms with Crippen molar-refractivity contribution in [2.75, 3.05) is 65.8 Å². The van der Waals surface area contributed by atoms with Crippen molar-refractivity contribution in [3.63, 3.8) is 0 Å². The standard InChI is InChI=1S/C75H140N4O28/c1-3-5-7-9-11-13-15-17-19-21-23-25-27-29-31-33-45-102-58(88)40-37-51(73(101)103-46-34-32-30-28-26-24-22-20-18-16-14-12-10-8-6-4-2)78-56(86)38-39-57(87)79(43-35-41-76-71(99)65(95)63(93)69(52(84)47-80)106-74-67(97)61(91)59(89)54(49-82)104-74)44-36-42-77-72(100)66(96)64(94)70(53(85)48-81)107-75-68(98)62(92)60(90)55(50-83)105-75/h51-55,59-70,74-75,80-85,89-98H,3-50H2,1-2H3,(H,76,99)(H,77,100)(H,78,86)/t51-,52?,53?,54+,55+,59-,60-,61+,62+,63-,64-,65+,66+,67-,68-,69?,70?,74-,75-/m0/s1. The van der Waals surface area contributed by atoms with Gasteiger partial charge in [0.05, 0.1) is 39.6 Å². The molecule has 2 aliphatic heterocycles. The largest absolute Gasteiger partial charge is 0.466 e. The van der Waals surface area contributed by atoms with Crippen LogP contribution in [-0.2, 0) is 57.2 Å². The molecule has 0 saturated carbocycles. The van der Waals surface area contributed by atoms with Crippen molar-refractivity contribution in [3.05, 3.63) is 0 Å². The molecule has 0 spiro atoms. The second-order valence-corrected chi connectivity index (χ2v) is 28.8. The van der Waals surface area contributed by atoms with Gasteiger partial charge in [0.1, 0.15) is 91.5 Å². The number of rotatable bonds is 66. The molecule has 0 radical (unpaired) electrons. The highest BCUT2D eigenvalue weighted by molar-refractivity contribution is 5.88. The molecule has 4 amide bonds. The smallest absolute Gasteiger partial charge is 0.328 e. The number of amides is 4. The maximum absolute atomic E-state index is 14.1. The predicted octanol–water partition coefficient (Wildman–Crippen LogP) is 1.00. The van der Waals surface area contributed by atoms with Crippen LogP contribution in [0.1, 0.15) is 258 Å². The fourth-order valence-corrected chi connectivity index (χ4v) is 12.9. The summed E-state index contributed by atoms with van der Waals surface area (Å²) in [4.78, 5) is 82.3. The van der Waals surface area contributed by atoms with Gasteiger partial charge in [-0.25, -0.2) is 4.79 Å². The molecule has 32 nitrogen and oxygen atoms in total. The van der Waals surface area contributed by atoms with E-state index >= 15 is 0 Å². The van der Waals surface area contributed by atoms with Gasteiger partial charge in [-0.05, 0) is 32.1 Å². The van der Waals surface area contributed by atoms with Crippen LogP contribution in [0.15, 0.2) is 0 Å². The lowest BCUT2D eigenvalue weighted by Crippen LogP contribution is -2.62. The molecule has 0 aromatic heterocycles. The van der Waals surface area contributed by atoms with Crippen molar-refractivity contribution in [3.8, 4) is 0 Å². The maximum Gasteiger partial charge on any atom is 0.328 e. The van der Waals surface area contributed by atoms with Crippen LogP contribution in [0.3, 0.4) is 0 Å². The van der Waals surface area contributed by atoms with Gasteiger partial charge in [-0.2, -0.15) is 0 Å². The first-order valence-electron chi connectivity index (χ1n) is 40.1. The van der Waals surface area contributed by atoms with Crippen LogP contribution in [0.25, 0.3) is 0 Å². The third kappa shape index (κ3) is 40.9. The Kier molecular flexibility index (Phi) is 56.2. The number of unbranched alkanes of at least 4 members (excludes halogenated alkanes) is 30. The summed E-state index contributed by atoms with van der Waals surface area (Å²) in [6.45, 7) is -0.428. The Bertz CT molecular complexity index is 2220. The van der Waals surface area contributed by atoms with Crippen molar-refractivity contribution in [2.45, 2.75) is 374 Å². The van der Waals surface area contributed by atoms with Gasteiger partial charge >= 0.3 is 11.9 Å². The first kappa shape index (κ1) is 99.1. The summed E-state index contributed by atoms with van der Waals surface area (Å²) in [5.41, 5.74) is 0. The predicted molar refractivity (Wildman–Crippen MR) is 391 cm³/mol. The Morgan fingerprint density at radius 3 is 1.08 bits per heavy atom. The lowest BCUT2D eigenvalue weighted by molar-refractivity contribution is -0.326. The summed E-state index contributed by atoms with van der Waals surface area (Å²) in [5, 5.41) is 173. The molecule has 19 atom stereocenters. The van der Waals surface area contributed by atoms with E-state index in [-0.39, 0.29) is 65.1 Å². The van der Waals surface area contributed by atoms with Gasteiger partial charge in [0.15, 0.2) is 24.8 Å². The Balaban J connectivity index is 2.18. The second-order valence-electron chi connectivity index (χ2n) is 28.8. The number of hydrogen-bond acceptors (Lipinski definition) is 28. The molecule has 4 unspecified atom stereocenters. The van der Waals surface area contributed by atoms with E-state index in [4.69, 9.17) is 28.4 Å². The van der Waals surface area contributed by atoms with Crippen LogP contribution in [0.2, 0.25) is 0 Å². The average Bonchev–Trinajstić information content (AvgIpc) is 0.811. The van der Waals surface area contributed by atoms with Gasteiger partial charge in [-0.15, -0.1) is 0 Å². The molecule has 2 rings (SSSR count). The topological polar surface area (TPSA) is 521 Å². The molecule has 628 valence electrons. The van der Waals surface area contributed by atoms with Crippen LogP contribution in [0.4, 0.5) is 0 Å². The normalized spacial score (nSPS) is 22.9. The van der Waals surface area contributed by atoms with Crippen LogP contribution in [0.5, 0.6) is 0 Å². The van der Waals surface area contributed by atoms with Crippen LogP contribution < -0.4 is 16.0 Å². The molecule has 32 heteroatoms. The summed E-state index contributed by atoms with van der Waals surface area (Å²) >= 11 is 0. The van der Waals surface area contributed by atoms with E-state index in [1.807, 2.05) is 0 Å². The average molecular weight is 1550 g/mol. The van der Waals surface area contributed by atoms with Gasteiger partial charge in [0, 0.05) is 45.4 Å². The van der Waals surface area contributed by atoms with Crippen molar-refractivity contribution in [2.24, 2.45) is 0 Å². The fourth-order valence-electron chi connectivity index (χ4n) is 12.9. The second kappa shape index (κ2) is 60.6. The number of nitrogens with one attached hydrogen (secondary N) is 3. The summed E-state index contributed by atoms with van der Waals surface area (Å²) in [7, 11) is 0. The van der Waals surface area contributed by atoms with E-state index in [0.29, 0.717) is 12.8 Å². The Labute approximate surface area is 633 Å². The molecule has 2 fully saturated rings. The van der Waals surface area contributed by atoms with Gasteiger partial charge < -0.3 is 131 Å². The molecule has 0 aromatic rings. The summed E-state index contributed by atoms with van der Waals surface area (Å²) < 4.78 is 32.5. The molecule has 2 heterocycles. The fraction of sp³-hybridized carbons (Fsp3) is 0.920. The minimum atomic E-state index is -2.43. The summed E-state index contributed by atoms with van der Waals surface area (Å²) in [5.74, 6) is -5.35. The highest BCUT2D eigenvalue weighted by atomic mass is 16.7. The van der Waals surface area contributed by atoms with Crippen molar-refractivity contribution in [1.29, 1.82) is 0 Å². The third-order valence-corrected chi connectivity index (χ3v) is 19.8. The molecule has 107 heavy (non-hydrogen) atoms. The van der Waals surface area contributed by atoms with E-state index in [2.05, 4.69) is 29.8 Å². The number of carbonyl (C=O) groups excluding carboxylic acids is 6. The molecular formula is C75H140N4O28. The van der Waals surface area contributed by atoms with E-state index in [1.165, 1.54) is 146 Å². The summed E-state index contributed by atoms with van der Waals surface area (Å²) in [6.07, 6.45) is -0.676. The van der Waals surface area contributed by atoms with Crippen LogP contribution in [0, 0.1) is 0 Å². The zero-order chi connectivity index (χ0) is 79.3. The van der Waals surface area contributed by atoms with Crippen molar-refractivity contribution < 1.29 is 139 Å². The molecular weight excluding hydrogens is 1400 g/mol. The SMILES string of the molecule is CCCCCCCCCCCCCCCCCCOC(=O)CC[C@H](NC(=O)CCC(=O)N(CCCNC(=O)[C@H](O)[C@H](O)C(O[C@@H]1O[C@H](CO)[C@H](O)[C@@H](O)[C@@H]1O)C(O)CO)CCCNC(=O)[C@H](O)[C@H](O)C(O[C@@H]1O[C@H](CO)[C@H](O)[C@@H](O)[C@@H]1O)C(O)CO)C(=O)OCCCCCCCCCCCCCCCCCC. The number of hydrogen-bond donors (Lipinski definition) is 19. The van der Waals surface area contributed by atoms with E-state index < -0.39 is 191 Å². The minimum absolute atomic E-state index is 0.0709. The highest BCUT2D eigenvalue weighted by Gasteiger charge is 2.49. The van der Waals surface area contributed by atoms with Crippen LogP contribution >= 0.6 is 0 Å². The van der Waals surface area contributed by atoms with Gasteiger partial charge in [0.25, 0.3) is 11.8 Å². The van der Waals surface area contributed by atoms with E-state index in [9.17, 15) is 110 Å². The third-order valence-electron chi connectivity index (χ3n) is 19.8. The summed E-state index contributed by atoms with van der Waals surface area (Å²) in [6, 6.07) is -1.30. The maximum atomic E-state index is 14.1. The highest BCUT2D eigenvalue weighted by Crippen LogP contribution is 2.28. The van der Waals surface area contributed by atoms with Gasteiger partial charge in [-0.3, -0.25) is 24.0 Å². The van der Waals surface area contributed by atoms with Crippen molar-refractivity contribution in [1.82, 2.24) is 20.9 Å².